The minimum Gasteiger partial charge on any atom is -0.465 e. The van der Waals surface area contributed by atoms with Crippen molar-refractivity contribution in [3.05, 3.63) is 48.1 Å². The molecule has 2 saturated carbocycles. The Morgan fingerprint density at radius 2 is 0.907 bits per heavy atom. The maximum absolute atomic E-state index is 13.2. The van der Waals surface area contributed by atoms with Gasteiger partial charge >= 0.3 is 65.7 Å². The van der Waals surface area contributed by atoms with Crippen LogP contribution in [0.2, 0.25) is 0 Å². The second-order valence-corrected chi connectivity index (χ2v) is 17.7. The van der Waals surface area contributed by atoms with Crippen LogP contribution in [-0.2, 0) is 95.3 Å². The van der Waals surface area contributed by atoms with Crippen molar-refractivity contribution in [3.8, 4) is 11.5 Å². The summed E-state index contributed by atoms with van der Waals surface area (Å²) in [6, 6.07) is 3.87. The fraction of sp³-hybridized carbons (Fsp3) is 0.596. The lowest BCUT2D eigenvalue weighted by molar-refractivity contribution is -0.162. The first kappa shape index (κ1) is 62.1. The van der Waals surface area contributed by atoms with Crippen LogP contribution in [0.15, 0.2) is 42.5 Å². The first-order valence-electron chi connectivity index (χ1n) is 24.6. The van der Waals surface area contributed by atoms with Gasteiger partial charge in [0.25, 0.3) is 0 Å². The highest BCUT2D eigenvalue weighted by Gasteiger charge is 2.34. The van der Waals surface area contributed by atoms with E-state index in [1.807, 2.05) is 0 Å². The van der Waals surface area contributed by atoms with Crippen molar-refractivity contribution < 1.29 is 110 Å². The van der Waals surface area contributed by atoms with Gasteiger partial charge in [0.2, 0.25) is 0 Å². The van der Waals surface area contributed by atoms with Crippen LogP contribution in [0.25, 0.3) is 0 Å². The number of ether oxygens (including phenoxy) is 12. The smallest absolute Gasteiger partial charge is 0.341 e. The number of esters is 11. The summed E-state index contributed by atoms with van der Waals surface area (Å²) in [4.78, 5) is 136. The molecule has 2 aliphatic rings. The lowest BCUT2D eigenvalue weighted by atomic mass is 9.82. The summed E-state index contributed by atoms with van der Waals surface area (Å²) in [5.74, 6) is -9.68. The number of carbonyl (C=O) groups excluding carboxylic acids is 11. The highest BCUT2D eigenvalue weighted by molar-refractivity contribution is 5.94. The van der Waals surface area contributed by atoms with E-state index in [4.69, 9.17) is 56.8 Å². The molecular weight excluding hydrogens is 993 g/mol. The number of hydrogen-bond acceptors (Lipinski definition) is 23. The summed E-state index contributed by atoms with van der Waals surface area (Å²) in [5, 5.41) is 0. The van der Waals surface area contributed by atoms with Crippen molar-refractivity contribution in [1.82, 2.24) is 0 Å². The van der Waals surface area contributed by atoms with E-state index in [2.05, 4.69) is 13.2 Å². The zero-order valence-electron chi connectivity index (χ0n) is 43.1. The van der Waals surface area contributed by atoms with Gasteiger partial charge in [0.05, 0.1) is 63.1 Å². The Bertz CT molecular complexity index is 2200. The number of methoxy groups -OCH3 is 2. The van der Waals surface area contributed by atoms with Crippen LogP contribution >= 0.6 is 0 Å². The van der Waals surface area contributed by atoms with E-state index < -0.39 is 102 Å². The molecule has 1 aromatic rings. The summed E-state index contributed by atoms with van der Waals surface area (Å²) in [6.45, 7) is 10.2. The van der Waals surface area contributed by atoms with Crippen molar-refractivity contribution >= 4 is 65.7 Å². The predicted molar refractivity (Wildman–Crippen MR) is 256 cm³/mol. The van der Waals surface area contributed by atoms with E-state index in [-0.39, 0.29) is 113 Å². The Labute approximate surface area is 434 Å². The second kappa shape index (κ2) is 32.9. The van der Waals surface area contributed by atoms with E-state index in [9.17, 15) is 52.7 Å². The quantitative estimate of drug-likeness (QED) is 0.0330. The average Bonchev–Trinajstić information content (AvgIpc) is 3.40. The van der Waals surface area contributed by atoms with Crippen LogP contribution in [0.5, 0.6) is 11.5 Å². The molecule has 2 unspecified atom stereocenters. The first-order valence-corrected chi connectivity index (χ1v) is 24.6. The molecule has 23 nitrogen and oxygen atoms in total. The minimum absolute atomic E-state index is 0.0118. The molecule has 3 rings (SSSR count). The summed E-state index contributed by atoms with van der Waals surface area (Å²) < 4.78 is 62.1. The SMILES string of the molecule is C=C(C)C(=O)OCC(CC)OC(=O)CCC(=O)OCCOC(=O)C1CCC(C(=O)Oc2ccc(OC(=O)C3CCC(C(=O)OCCOC(=O)CCC(=O)OC(COC)COC(=O)C(=C)C)CC3)c(C(=O)OC)c2)CC1. The van der Waals surface area contributed by atoms with Gasteiger partial charge in [-0.05, 0) is 89.8 Å². The molecule has 414 valence electrons. The molecule has 1 aromatic carbocycles. The maximum atomic E-state index is 13.2. The zero-order valence-corrected chi connectivity index (χ0v) is 43.1. The zero-order chi connectivity index (χ0) is 55.5. The standard InChI is InChI=1S/C52H68O23/c1-8-37(29-70-46(57)31(2)3)72-44(55)21-19-42(53)66-23-25-68-48(59)33-9-13-35(14-10-33)50(61)74-38-17-18-41(40(27-38)52(63)65-7)75-51(62)36-15-11-34(12-16-36)49(60)69-26-24-67-43(54)20-22-45(56)73-39(28-64-6)30-71-47(58)32(4)5/h17-18,27,33-37,39H,2,4,8-16,19-26,28-30H2,1,3,5-7H3. The van der Waals surface area contributed by atoms with Crippen LogP contribution in [0.3, 0.4) is 0 Å². The van der Waals surface area contributed by atoms with Crippen LogP contribution in [0.1, 0.15) is 115 Å². The van der Waals surface area contributed by atoms with Gasteiger partial charge in [0.1, 0.15) is 62.8 Å². The van der Waals surface area contributed by atoms with Crippen molar-refractivity contribution in [1.29, 1.82) is 0 Å². The minimum atomic E-state index is -0.893. The second-order valence-electron chi connectivity index (χ2n) is 17.7. The number of carbonyl (C=O) groups is 11. The molecule has 0 aromatic heterocycles. The molecule has 0 radical (unpaired) electrons. The summed E-state index contributed by atoms with van der Waals surface area (Å²) >= 11 is 0. The number of hydrogen-bond donors (Lipinski definition) is 0. The first-order chi connectivity index (χ1) is 35.7. The third kappa shape index (κ3) is 22.9. The predicted octanol–water partition coefficient (Wildman–Crippen LogP) is 4.75. The lowest BCUT2D eigenvalue weighted by Gasteiger charge is -2.26. The molecule has 0 N–H and O–H groups in total. The van der Waals surface area contributed by atoms with Gasteiger partial charge in [-0.15, -0.1) is 0 Å². The van der Waals surface area contributed by atoms with Crippen molar-refractivity contribution in [2.24, 2.45) is 23.7 Å². The molecule has 23 heteroatoms. The Kier molecular flexibility index (Phi) is 27.2. The van der Waals surface area contributed by atoms with Crippen LogP contribution in [-0.4, -0.2) is 138 Å². The van der Waals surface area contributed by atoms with Crippen LogP contribution < -0.4 is 9.47 Å². The van der Waals surface area contributed by atoms with Gasteiger partial charge in [-0.2, -0.15) is 0 Å². The molecule has 0 heterocycles. The highest BCUT2D eigenvalue weighted by atomic mass is 16.6. The van der Waals surface area contributed by atoms with Gasteiger partial charge in [0, 0.05) is 18.3 Å². The Hall–Kier alpha value is -7.17. The lowest BCUT2D eigenvalue weighted by Crippen LogP contribution is -2.30. The molecule has 0 bridgehead atoms. The molecule has 0 spiro atoms. The molecule has 2 fully saturated rings. The number of rotatable bonds is 30. The van der Waals surface area contributed by atoms with Crippen LogP contribution in [0, 0.1) is 23.7 Å². The monoisotopic (exact) mass is 1060 g/mol. The summed E-state index contributed by atoms with van der Waals surface area (Å²) in [5.41, 5.74) is 0.198. The van der Waals surface area contributed by atoms with Crippen molar-refractivity contribution in [2.75, 3.05) is 60.5 Å². The summed E-state index contributed by atoms with van der Waals surface area (Å²) in [7, 11) is 2.50. The van der Waals surface area contributed by atoms with Crippen molar-refractivity contribution in [3.63, 3.8) is 0 Å². The van der Waals surface area contributed by atoms with Crippen LogP contribution in [0.4, 0.5) is 0 Å². The largest absolute Gasteiger partial charge is 0.465 e. The molecule has 2 atom stereocenters. The van der Waals surface area contributed by atoms with E-state index in [1.165, 1.54) is 39.2 Å². The topological polar surface area (TPSA) is 299 Å². The Morgan fingerprint density at radius 3 is 1.33 bits per heavy atom. The molecule has 0 saturated heterocycles. The van der Waals surface area contributed by atoms with Crippen molar-refractivity contribution in [2.45, 2.75) is 116 Å². The van der Waals surface area contributed by atoms with Gasteiger partial charge < -0.3 is 56.8 Å². The molecule has 0 amide bonds. The average molecular weight is 1060 g/mol. The van der Waals surface area contributed by atoms with E-state index in [0.717, 1.165) is 7.11 Å². The van der Waals surface area contributed by atoms with E-state index in [0.29, 0.717) is 44.9 Å². The molecule has 0 aliphatic heterocycles. The highest BCUT2D eigenvalue weighted by Crippen LogP contribution is 2.34. The van der Waals surface area contributed by atoms with E-state index >= 15 is 0 Å². The Balaban J connectivity index is 1.34. The Morgan fingerprint density at radius 1 is 0.507 bits per heavy atom. The molecule has 75 heavy (non-hydrogen) atoms. The fourth-order valence-corrected chi connectivity index (χ4v) is 7.45. The third-order valence-corrected chi connectivity index (χ3v) is 11.7. The van der Waals surface area contributed by atoms with Gasteiger partial charge in [0.15, 0.2) is 6.10 Å². The van der Waals surface area contributed by atoms with E-state index in [1.54, 1.807) is 6.92 Å². The third-order valence-electron chi connectivity index (χ3n) is 11.7. The van der Waals surface area contributed by atoms with Gasteiger partial charge in [-0.25, -0.2) is 14.4 Å². The fourth-order valence-electron chi connectivity index (χ4n) is 7.45. The van der Waals surface area contributed by atoms with Gasteiger partial charge in [-0.3, -0.25) is 38.4 Å². The number of benzene rings is 1. The normalized spacial score (nSPS) is 17.7. The summed E-state index contributed by atoms with van der Waals surface area (Å²) in [6.07, 6.45) is -0.0236. The maximum Gasteiger partial charge on any atom is 0.341 e. The molecular formula is C52H68O23. The molecule has 2 aliphatic carbocycles. The van der Waals surface area contributed by atoms with Gasteiger partial charge in [-0.1, -0.05) is 20.1 Å².